The molecule has 1 aliphatic rings. The Bertz CT molecular complexity index is 1340. The molecular formula is C24H23N5O3. The summed E-state index contributed by atoms with van der Waals surface area (Å²) in [5.74, 6) is 0.316. The molecule has 162 valence electrons. The first kappa shape index (κ1) is 20.1. The highest BCUT2D eigenvalue weighted by molar-refractivity contribution is 5.94. The molecule has 0 saturated carbocycles. The van der Waals surface area contributed by atoms with Crippen LogP contribution in [0.5, 0.6) is 0 Å². The normalized spacial score (nSPS) is 13.3. The Labute approximate surface area is 184 Å². The summed E-state index contributed by atoms with van der Waals surface area (Å²) in [5.41, 5.74) is 3.54. The number of nitrogens with zero attached hydrogens (tertiary/aromatic N) is 5. The van der Waals surface area contributed by atoms with E-state index in [1.54, 1.807) is 18.1 Å². The van der Waals surface area contributed by atoms with Gasteiger partial charge >= 0.3 is 5.69 Å². The van der Waals surface area contributed by atoms with Crippen molar-refractivity contribution in [2.45, 2.75) is 26.0 Å². The molecule has 8 nitrogen and oxygen atoms in total. The van der Waals surface area contributed by atoms with Gasteiger partial charge in [-0.15, -0.1) is 5.10 Å². The topological polar surface area (TPSA) is 81.7 Å². The zero-order valence-electron chi connectivity index (χ0n) is 17.8. The summed E-state index contributed by atoms with van der Waals surface area (Å²) in [4.78, 5) is 32.8. The van der Waals surface area contributed by atoms with E-state index in [0.29, 0.717) is 30.3 Å². The van der Waals surface area contributed by atoms with E-state index < -0.39 is 5.69 Å². The second-order valence-electron chi connectivity index (χ2n) is 7.78. The van der Waals surface area contributed by atoms with Crippen molar-refractivity contribution < 1.29 is 9.53 Å². The van der Waals surface area contributed by atoms with Crippen molar-refractivity contribution >= 4 is 17.2 Å². The maximum absolute atomic E-state index is 13.3. The molecule has 0 unspecified atom stereocenters. The maximum Gasteiger partial charge on any atom is 0.352 e. The fourth-order valence-corrected chi connectivity index (χ4v) is 4.20. The van der Waals surface area contributed by atoms with E-state index in [-0.39, 0.29) is 12.5 Å². The number of hydrogen-bond donors (Lipinski definition) is 0. The summed E-state index contributed by atoms with van der Waals surface area (Å²) < 4.78 is 7.91. The van der Waals surface area contributed by atoms with Crippen LogP contribution in [0.1, 0.15) is 17.7 Å². The number of fused-ring (bicyclic) bond motifs is 2. The third-order valence-electron chi connectivity index (χ3n) is 5.64. The zero-order valence-corrected chi connectivity index (χ0v) is 17.8. The van der Waals surface area contributed by atoms with E-state index in [9.17, 15) is 9.59 Å². The van der Waals surface area contributed by atoms with Crippen molar-refractivity contribution in [2.75, 3.05) is 18.6 Å². The molecule has 0 N–H and O–H groups in total. The van der Waals surface area contributed by atoms with Crippen molar-refractivity contribution in [3.8, 4) is 11.4 Å². The van der Waals surface area contributed by atoms with Crippen LogP contribution in [0.3, 0.4) is 0 Å². The van der Waals surface area contributed by atoms with E-state index in [4.69, 9.17) is 4.74 Å². The van der Waals surface area contributed by atoms with E-state index >= 15 is 0 Å². The van der Waals surface area contributed by atoms with Gasteiger partial charge in [0.15, 0.2) is 5.65 Å². The van der Waals surface area contributed by atoms with Crippen molar-refractivity contribution in [3.05, 3.63) is 82.4 Å². The van der Waals surface area contributed by atoms with Crippen molar-refractivity contribution in [2.24, 2.45) is 0 Å². The Kier molecular flexibility index (Phi) is 5.28. The summed E-state index contributed by atoms with van der Waals surface area (Å²) in [6.07, 6.45) is 1.84. The summed E-state index contributed by atoms with van der Waals surface area (Å²) in [6.45, 7) is 0.788. The molecule has 1 aliphatic heterocycles. The lowest BCUT2D eigenvalue weighted by atomic mass is 10.0. The molecule has 0 spiro atoms. The first-order valence-corrected chi connectivity index (χ1v) is 10.6. The van der Waals surface area contributed by atoms with Crippen LogP contribution < -0.4 is 10.6 Å². The smallest absolute Gasteiger partial charge is 0.352 e. The van der Waals surface area contributed by atoms with Crippen molar-refractivity contribution in [1.29, 1.82) is 0 Å². The van der Waals surface area contributed by atoms with Crippen molar-refractivity contribution in [3.63, 3.8) is 0 Å². The minimum absolute atomic E-state index is 0.136. The lowest BCUT2D eigenvalue weighted by Crippen LogP contribution is -2.39. The number of methoxy groups -OCH3 is 1. The highest BCUT2D eigenvalue weighted by Gasteiger charge is 2.24. The monoisotopic (exact) mass is 429 g/mol. The minimum Gasteiger partial charge on any atom is -0.378 e. The number of aryl methyl sites for hydroxylation is 1. The molecule has 0 aliphatic carbocycles. The summed E-state index contributed by atoms with van der Waals surface area (Å²) >= 11 is 0. The largest absolute Gasteiger partial charge is 0.378 e. The van der Waals surface area contributed by atoms with E-state index in [2.05, 4.69) is 10.1 Å². The van der Waals surface area contributed by atoms with Crippen LogP contribution in [-0.4, -0.2) is 38.7 Å². The summed E-state index contributed by atoms with van der Waals surface area (Å²) in [7, 11) is 1.59. The maximum atomic E-state index is 13.3. The average molecular weight is 429 g/mol. The van der Waals surface area contributed by atoms with E-state index in [0.717, 1.165) is 29.7 Å². The predicted octanol–water partition coefficient (Wildman–Crippen LogP) is 2.68. The van der Waals surface area contributed by atoms with Crippen LogP contribution in [0.4, 0.5) is 5.69 Å². The second-order valence-corrected chi connectivity index (χ2v) is 7.78. The van der Waals surface area contributed by atoms with Crippen LogP contribution in [0, 0.1) is 0 Å². The fourth-order valence-electron chi connectivity index (χ4n) is 4.20. The molecule has 8 heteroatoms. The molecule has 2 aromatic heterocycles. The van der Waals surface area contributed by atoms with Gasteiger partial charge in [-0.1, -0.05) is 48.5 Å². The fraction of sp³-hybridized carbons (Fsp3) is 0.250. The molecule has 0 saturated heterocycles. The van der Waals surface area contributed by atoms with Gasteiger partial charge in [-0.05, 0) is 24.5 Å². The van der Waals surface area contributed by atoms with Crippen molar-refractivity contribution in [1.82, 2.24) is 19.2 Å². The number of para-hydroxylation sites is 1. The third kappa shape index (κ3) is 3.58. The number of anilines is 1. The van der Waals surface area contributed by atoms with Crippen LogP contribution in [0.25, 0.3) is 17.0 Å². The molecule has 0 bridgehead atoms. The third-order valence-corrected chi connectivity index (χ3v) is 5.64. The number of amides is 1. The number of ether oxygens (including phenoxy) is 1. The lowest BCUT2D eigenvalue weighted by Gasteiger charge is -2.29. The SMILES string of the molecule is COCc1cc2nn(CC(=O)N3CCCc4ccccc43)c(=O)n2c(-c2ccccc2)n1. The number of benzene rings is 2. The molecule has 4 aromatic rings. The second kappa shape index (κ2) is 8.39. The van der Waals surface area contributed by atoms with E-state index in [1.807, 2.05) is 54.6 Å². The van der Waals surface area contributed by atoms with Gasteiger partial charge in [-0.2, -0.15) is 0 Å². The van der Waals surface area contributed by atoms with Gasteiger partial charge in [-0.3, -0.25) is 4.79 Å². The summed E-state index contributed by atoms with van der Waals surface area (Å²) in [5, 5.41) is 4.46. The summed E-state index contributed by atoms with van der Waals surface area (Å²) in [6, 6.07) is 19.1. The quantitative estimate of drug-likeness (QED) is 0.487. The number of aromatic nitrogens is 4. The average Bonchev–Trinajstić information content (AvgIpc) is 3.13. The van der Waals surface area contributed by atoms with Gasteiger partial charge in [0.25, 0.3) is 0 Å². The number of carbonyl (C=O) groups excluding carboxylic acids is 1. The lowest BCUT2D eigenvalue weighted by molar-refractivity contribution is -0.119. The number of carbonyl (C=O) groups is 1. The van der Waals surface area contributed by atoms with Crippen LogP contribution in [0.2, 0.25) is 0 Å². The Balaban J connectivity index is 1.55. The van der Waals surface area contributed by atoms with Crippen LogP contribution in [-0.2, 0) is 29.1 Å². The van der Waals surface area contributed by atoms with E-state index in [1.165, 1.54) is 9.08 Å². The first-order chi connectivity index (χ1) is 15.7. The van der Waals surface area contributed by atoms with Gasteiger partial charge < -0.3 is 9.64 Å². The first-order valence-electron chi connectivity index (χ1n) is 10.6. The zero-order chi connectivity index (χ0) is 22.1. The van der Waals surface area contributed by atoms with Gasteiger partial charge in [0.05, 0.1) is 12.3 Å². The molecule has 2 aromatic carbocycles. The highest BCUT2D eigenvalue weighted by atomic mass is 16.5. The van der Waals surface area contributed by atoms with Gasteiger partial charge in [0.2, 0.25) is 5.91 Å². The molecule has 1 amide bonds. The van der Waals surface area contributed by atoms with Gasteiger partial charge in [-0.25, -0.2) is 18.9 Å². The Hall–Kier alpha value is -3.78. The molecule has 0 radical (unpaired) electrons. The molecule has 3 heterocycles. The molecule has 0 fully saturated rings. The predicted molar refractivity (Wildman–Crippen MR) is 121 cm³/mol. The number of hydrogen-bond acceptors (Lipinski definition) is 5. The van der Waals surface area contributed by atoms with Crippen LogP contribution in [0.15, 0.2) is 65.5 Å². The standard InChI is InChI=1S/C24H23N5O3/c1-32-16-19-14-21-26-28(24(31)29(21)23(25-19)18-9-3-2-4-10-18)15-22(30)27-13-7-11-17-8-5-6-12-20(17)27/h2-6,8-10,12,14H,7,11,13,15-16H2,1H3. The number of rotatable bonds is 5. The van der Waals surface area contributed by atoms with Gasteiger partial charge in [0.1, 0.15) is 12.4 Å². The molecule has 32 heavy (non-hydrogen) atoms. The molecular weight excluding hydrogens is 406 g/mol. The minimum atomic E-state index is -0.394. The van der Waals surface area contributed by atoms with Gasteiger partial charge in [0, 0.05) is 31.0 Å². The molecule has 5 rings (SSSR count). The Morgan fingerprint density at radius 2 is 1.88 bits per heavy atom. The van der Waals surface area contributed by atoms with Crippen LogP contribution >= 0.6 is 0 Å². The molecule has 0 atom stereocenters. The Morgan fingerprint density at radius 1 is 1.09 bits per heavy atom. The highest BCUT2D eigenvalue weighted by Crippen LogP contribution is 2.27. The Morgan fingerprint density at radius 3 is 2.69 bits per heavy atom.